The summed E-state index contributed by atoms with van der Waals surface area (Å²) in [5.41, 5.74) is 0.524. The van der Waals surface area contributed by atoms with Gasteiger partial charge in [-0.3, -0.25) is 0 Å². The minimum Gasteiger partial charge on any atom is -0.383 e. The molecule has 1 rings (SSSR count). The lowest BCUT2D eigenvalue weighted by Crippen LogP contribution is -2.31. The highest BCUT2D eigenvalue weighted by molar-refractivity contribution is 7.80. The summed E-state index contributed by atoms with van der Waals surface area (Å²) in [6.45, 7) is 1.11. The zero-order valence-corrected chi connectivity index (χ0v) is 11.3. The van der Waals surface area contributed by atoms with Crippen molar-refractivity contribution < 1.29 is 9.13 Å². The zero-order chi connectivity index (χ0) is 12.8. The third kappa shape index (κ3) is 4.63. The van der Waals surface area contributed by atoms with E-state index < -0.39 is 5.82 Å². The molecule has 0 aliphatic heterocycles. The van der Waals surface area contributed by atoms with Crippen molar-refractivity contribution in [3.05, 3.63) is 28.0 Å². The van der Waals surface area contributed by atoms with Gasteiger partial charge in [-0.2, -0.15) is 0 Å². The summed E-state index contributed by atoms with van der Waals surface area (Å²) < 4.78 is 18.0. The smallest absolute Gasteiger partial charge is 0.170 e. The average molecular weight is 297 g/mol. The molecule has 94 valence electrons. The van der Waals surface area contributed by atoms with Crippen LogP contribution in [0.5, 0.6) is 0 Å². The van der Waals surface area contributed by atoms with Crippen LogP contribution < -0.4 is 10.6 Å². The first-order chi connectivity index (χ1) is 8.04. The van der Waals surface area contributed by atoms with Gasteiger partial charge < -0.3 is 15.4 Å². The second-order valence-corrected chi connectivity index (χ2v) is 4.35. The fourth-order valence-electron chi connectivity index (χ4n) is 1.07. The average Bonchev–Trinajstić information content (AvgIpc) is 2.26. The maximum Gasteiger partial charge on any atom is 0.170 e. The lowest BCUT2D eigenvalue weighted by molar-refractivity contribution is 0.204. The second kappa shape index (κ2) is 6.96. The Morgan fingerprint density at radius 3 is 2.53 bits per heavy atom. The fourth-order valence-corrected chi connectivity index (χ4v) is 1.78. The molecular weight excluding hydrogens is 286 g/mol. The predicted molar refractivity (Wildman–Crippen MR) is 72.5 cm³/mol. The molecule has 0 spiro atoms. The van der Waals surface area contributed by atoms with Gasteiger partial charge in [0.15, 0.2) is 10.9 Å². The number of hydrogen-bond donors (Lipinski definition) is 2. The first-order valence-corrected chi connectivity index (χ1v) is 5.89. The van der Waals surface area contributed by atoms with Gasteiger partial charge in [-0.25, -0.2) is 4.39 Å². The van der Waals surface area contributed by atoms with Crippen LogP contribution in [0.15, 0.2) is 12.1 Å². The normalized spacial score (nSPS) is 10.1. The summed E-state index contributed by atoms with van der Waals surface area (Å²) in [5.74, 6) is -0.642. The zero-order valence-electron chi connectivity index (χ0n) is 9.02. The molecule has 0 radical (unpaired) electrons. The van der Waals surface area contributed by atoms with Crippen molar-refractivity contribution in [2.75, 3.05) is 25.6 Å². The quantitative estimate of drug-likeness (QED) is 0.508. The molecule has 0 bridgehead atoms. The molecule has 0 heterocycles. The summed E-state index contributed by atoms with van der Waals surface area (Å²) in [5, 5.41) is 6.02. The molecule has 0 aromatic heterocycles. The van der Waals surface area contributed by atoms with E-state index >= 15 is 0 Å². The Morgan fingerprint density at radius 1 is 1.41 bits per heavy atom. The molecule has 0 atom stereocenters. The van der Waals surface area contributed by atoms with Crippen LogP contribution in [0.2, 0.25) is 10.0 Å². The lowest BCUT2D eigenvalue weighted by Gasteiger charge is -2.11. The maximum absolute atomic E-state index is 13.1. The van der Waals surface area contributed by atoms with Crippen molar-refractivity contribution in [2.24, 2.45) is 0 Å². The number of rotatable bonds is 4. The minimum absolute atomic E-state index is 0.0558. The van der Waals surface area contributed by atoms with E-state index in [4.69, 9.17) is 40.2 Å². The Morgan fingerprint density at radius 2 is 2.00 bits per heavy atom. The summed E-state index contributed by atoms with van der Waals surface area (Å²) in [7, 11) is 1.59. The van der Waals surface area contributed by atoms with Gasteiger partial charge in [-0.15, -0.1) is 0 Å². The highest BCUT2D eigenvalue weighted by Gasteiger charge is 2.08. The molecule has 0 aliphatic rings. The number of halogens is 3. The Bertz CT molecular complexity index is 394. The summed E-state index contributed by atoms with van der Waals surface area (Å²) in [6, 6.07) is 2.82. The van der Waals surface area contributed by atoms with E-state index in [1.165, 1.54) is 12.1 Å². The molecule has 0 saturated heterocycles. The molecule has 0 saturated carbocycles. The van der Waals surface area contributed by atoms with Gasteiger partial charge in [0, 0.05) is 19.3 Å². The van der Waals surface area contributed by atoms with Crippen LogP contribution in [0, 0.1) is 5.82 Å². The molecule has 1 aromatic carbocycles. The van der Waals surface area contributed by atoms with Crippen LogP contribution in [0.3, 0.4) is 0 Å². The Hall–Kier alpha value is -0.620. The van der Waals surface area contributed by atoms with Crippen LogP contribution in [-0.4, -0.2) is 25.4 Å². The molecular formula is C10H11Cl2FN2OS. The van der Waals surface area contributed by atoms with Crippen LogP contribution >= 0.6 is 35.4 Å². The molecule has 0 fully saturated rings. The Labute approximate surface area is 114 Å². The number of methoxy groups -OCH3 is 1. The van der Waals surface area contributed by atoms with Gasteiger partial charge in [0.2, 0.25) is 0 Å². The summed E-state index contributed by atoms with van der Waals surface area (Å²) in [6.07, 6.45) is 0. The van der Waals surface area contributed by atoms with E-state index in [2.05, 4.69) is 10.6 Å². The summed E-state index contributed by atoms with van der Waals surface area (Å²) in [4.78, 5) is 0. The molecule has 17 heavy (non-hydrogen) atoms. The van der Waals surface area contributed by atoms with Gasteiger partial charge >= 0.3 is 0 Å². The van der Waals surface area contributed by atoms with E-state index in [1.807, 2.05) is 0 Å². The van der Waals surface area contributed by atoms with Crippen molar-refractivity contribution >= 4 is 46.2 Å². The van der Waals surface area contributed by atoms with E-state index in [9.17, 15) is 4.39 Å². The van der Waals surface area contributed by atoms with Crippen LogP contribution in [-0.2, 0) is 4.74 Å². The highest BCUT2D eigenvalue weighted by Crippen LogP contribution is 2.27. The first-order valence-electron chi connectivity index (χ1n) is 4.73. The summed E-state index contributed by atoms with van der Waals surface area (Å²) >= 11 is 16.3. The van der Waals surface area contributed by atoms with Crippen molar-refractivity contribution in [1.82, 2.24) is 5.32 Å². The molecule has 0 unspecified atom stereocenters. The van der Waals surface area contributed by atoms with E-state index in [0.29, 0.717) is 24.0 Å². The predicted octanol–water partition coefficient (Wildman–Crippen LogP) is 3.07. The first kappa shape index (κ1) is 14.4. The van der Waals surface area contributed by atoms with Gasteiger partial charge in [0.05, 0.1) is 16.7 Å². The van der Waals surface area contributed by atoms with Crippen molar-refractivity contribution in [3.8, 4) is 0 Å². The number of nitrogens with one attached hydrogen (secondary N) is 2. The third-order valence-corrected chi connectivity index (χ3v) is 2.63. The molecule has 2 N–H and O–H groups in total. The number of hydrogen-bond acceptors (Lipinski definition) is 2. The number of anilines is 1. The van der Waals surface area contributed by atoms with Gasteiger partial charge in [-0.1, -0.05) is 23.2 Å². The third-order valence-electron chi connectivity index (χ3n) is 1.83. The van der Waals surface area contributed by atoms with E-state index in [0.717, 1.165) is 0 Å². The standard InChI is InChI=1S/C10H11Cl2FN2OS/c1-16-3-2-14-10(17)15-6-4-7(11)9(13)8(12)5-6/h4-5H,2-3H2,1H3,(H2,14,15,17). The lowest BCUT2D eigenvalue weighted by atomic mass is 10.3. The highest BCUT2D eigenvalue weighted by atomic mass is 35.5. The van der Waals surface area contributed by atoms with Crippen molar-refractivity contribution in [1.29, 1.82) is 0 Å². The number of benzene rings is 1. The minimum atomic E-state index is -0.642. The van der Waals surface area contributed by atoms with Crippen LogP contribution in [0.1, 0.15) is 0 Å². The molecule has 1 aromatic rings. The molecule has 0 amide bonds. The fraction of sp³-hybridized carbons (Fsp3) is 0.300. The number of ether oxygens (including phenoxy) is 1. The maximum atomic E-state index is 13.1. The molecule has 7 heteroatoms. The monoisotopic (exact) mass is 296 g/mol. The van der Waals surface area contributed by atoms with Crippen LogP contribution in [0.4, 0.5) is 10.1 Å². The largest absolute Gasteiger partial charge is 0.383 e. The van der Waals surface area contributed by atoms with Gasteiger partial charge in [-0.05, 0) is 24.4 Å². The molecule has 0 aliphatic carbocycles. The van der Waals surface area contributed by atoms with E-state index in [1.54, 1.807) is 7.11 Å². The molecule has 3 nitrogen and oxygen atoms in total. The number of thiocarbonyl (C=S) groups is 1. The van der Waals surface area contributed by atoms with Gasteiger partial charge in [0.25, 0.3) is 0 Å². The Balaban J connectivity index is 2.60. The van der Waals surface area contributed by atoms with E-state index in [-0.39, 0.29) is 10.0 Å². The Kier molecular flexibility index (Phi) is 5.91. The topological polar surface area (TPSA) is 33.3 Å². The second-order valence-electron chi connectivity index (χ2n) is 3.13. The SMILES string of the molecule is COCCNC(=S)Nc1cc(Cl)c(F)c(Cl)c1. The van der Waals surface area contributed by atoms with Crippen molar-refractivity contribution in [2.45, 2.75) is 0 Å². The van der Waals surface area contributed by atoms with Gasteiger partial charge in [0.1, 0.15) is 0 Å². The van der Waals surface area contributed by atoms with Crippen LogP contribution in [0.25, 0.3) is 0 Å². The van der Waals surface area contributed by atoms with Crippen molar-refractivity contribution in [3.63, 3.8) is 0 Å².